The molecule has 0 aliphatic carbocycles. The molecule has 0 amide bonds. The van der Waals surface area contributed by atoms with Gasteiger partial charge in [-0.15, -0.1) is 0 Å². The summed E-state index contributed by atoms with van der Waals surface area (Å²) in [6.45, 7) is 2.26. The number of aromatic carboxylic acids is 1. The fourth-order valence-electron chi connectivity index (χ4n) is 4.87. The summed E-state index contributed by atoms with van der Waals surface area (Å²) in [5.41, 5.74) is 1.11. The summed E-state index contributed by atoms with van der Waals surface area (Å²) in [6.07, 6.45) is 19.5. The maximum absolute atomic E-state index is 13.0. The highest BCUT2D eigenvalue weighted by Gasteiger charge is 2.25. The summed E-state index contributed by atoms with van der Waals surface area (Å²) in [6, 6.07) is 5.36. The minimum absolute atomic E-state index is 0.0641. The molecule has 2 rings (SSSR count). The number of aromatic nitrogens is 1. The molecule has 5 heteroatoms. The summed E-state index contributed by atoms with van der Waals surface area (Å²) in [7, 11) is 3.27. The first-order chi connectivity index (χ1) is 16.5. The van der Waals surface area contributed by atoms with Crippen molar-refractivity contribution in [2.45, 2.75) is 110 Å². The van der Waals surface area contributed by atoms with Crippen molar-refractivity contribution in [1.29, 1.82) is 0 Å². The Hall–Kier alpha value is -2.30. The fraction of sp³-hybridized carbons (Fsp3) is 0.655. The van der Waals surface area contributed by atoms with Gasteiger partial charge in [-0.2, -0.15) is 0 Å². The van der Waals surface area contributed by atoms with Crippen LogP contribution in [0.5, 0.6) is 5.75 Å². The first kappa shape index (κ1) is 27.9. The van der Waals surface area contributed by atoms with Gasteiger partial charge in [0.05, 0.1) is 12.7 Å². The van der Waals surface area contributed by atoms with Gasteiger partial charge in [-0.1, -0.05) is 96.8 Å². The van der Waals surface area contributed by atoms with Gasteiger partial charge < -0.3 is 14.4 Å². The summed E-state index contributed by atoms with van der Waals surface area (Å²) in [5.74, 6) is -0.542. The molecule has 0 radical (unpaired) electrons. The molecule has 34 heavy (non-hydrogen) atoms. The molecule has 0 aliphatic heterocycles. The van der Waals surface area contributed by atoms with Crippen LogP contribution in [0.15, 0.2) is 18.2 Å². The van der Waals surface area contributed by atoms with Gasteiger partial charge >= 0.3 is 5.97 Å². The number of unbranched alkanes of at least 4 members (excludes halogenated alkanes) is 14. The largest absolute Gasteiger partial charge is 0.497 e. The van der Waals surface area contributed by atoms with Gasteiger partial charge in [-0.25, -0.2) is 4.79 Å². The highest BCUT2D eigenvalue weighted by molar-refractivity contribution is 6.15. The number of carboxylic acids is 1. The smallest absolute Gasteiger partial charge is 0.353 e. The standard InChI is InChI=1S/C29H45NO4/c1-4-5-6-7-8-9-10-11-12-13-14-15-16-17-18-19-26(31)27-24-22-23(34-3)20-21-25(24)30(2)28(27)29(32)33/h20-22H,4-19H2,1-3H3,(H,32,33). The normalized spacial score (nSPS) is 11.3. The number of benzene rings is 1. The quantitative estimate of drug-likeness (QED) is 0.165. The predicted octanol–water partition coefficient (Wildman–Crippen LogP) is 8.33. The summed E-state index contributed by atoms with van der Waals surface area (Å²) in [4.78, 5) is 24.9. The molecule has 0 fully saturated rings. The second-order valence-electron chi connectivity index (χ2n) is 9.59. The van der Waals surface area contributed by atoms with Crippen LogP contribution in [0, 0.1) is 0 Å². The van der Waals surface area contributed by atoms with Crippen LogP contribution in [-0.2, 0) is 7.05 Å². The van der Waals surface area contributed by atoms with Crippen molar-refractivity contribution < 1.29 is 19.4 Å². The molecule has 2 aromatic rings. The van der Waals surface area contributed by atoms with E-state index in [2.05, 4.69) is 6.92 Å². The van der Waals surface area contributed by atoms with E-state index in [-0.39, 0.29) is 11.5 Å². The first-order valence-electron chi connectivity index (χ1n) is 13.4. The Bertz CT molecular complexity index is 899. The van der Waals surface area contributed by atoms with Crippen molar-refractivity contribution in [2.24, 2.45) is 7.05 Å². The van der Waals surface area contributed by atoms with E-state index in [1.807, 2.05) is 6.07 Å². The molecule has 0 bridgehead atoms. The molecule has 5 nitrogen and oxygen atoms in total. The maximum Gasteiger partial charge on any atom is 0.353 e. The second kappa shape index (κ2) is 15.6. The number of fused-ring (bicyclic) bond motifs is 1. The Morgan fingerprint density at radius 1 is 0.824 bits per heavy atom. The van der Waals surface area contributed by atoms with Gasteiger partial charge in [0.1, 0.15) is 11.4 Å². The number of carboxylic acid groups (broad SMARTS) is 1. The number of Topliss-reactive ketones (excluding diaryl/α,β-unsaturated/α-hetero) is 1. The molecule has 0 atom stereocenters. The third-order valence-corrected chi connectivity index (χ3v) is 6.90. The Morgan fingerprint density at radius 3 is 1.79 bits per heavy atom. The number of carbonyl (C=O) groups excluding carboxylic acids is 1. The lowest BCUT2D eigenvalue weighted by atomic mass is 10.00. The third-order valence-electron chi connectivity index (χ3n) is 6.90. The molecule has 1 heterocycles. The number of nitrogens with zero attached hydrogens (tertiary/aromatic N) is 1. The van der Waals surface area contributed by atoms with E-state index in [9.17, 15) is 14.7 Å². The minimum atomic E-state index is -1.07. The zero-order valence-electron chi connectivity index (χ0n) is 21.7. The molecular weight excluding hydrogens is 426 g/mol. The predicted molar refractivity (Wildman–Crippen MR) is 140 cm³/mol. The molecule has 0 spiro atoms. The number of ether oxygens (including phenoxy) is 1. The number of ketones is 1. The Balaban J connectivity index is 1.66. The van der Waals surface area contributed by atoms with Crippen molar-refractivity contribution in [3.63, 3.8) is 0 Å². The molecule has 0 unspecified atom stereocenters. The maximum atomic E-state index is 13.0. The Kier molecular flexibility index (Phi) is 12.8. The number of methoxy groups -OCH3 is 1. The molecule has 0 saturated carbocycles. The monoisotopic (exact) mass is 471 g/mol. The van der Waals surface area contributed by atoms with Crippen LogP contribution in [0.3, 0.4) is 0 Å². The highest BCUT2D eigenvalue weighted by atomic mass is 16.5. The van der Waals surface area contributed by atoms with E-state index >= 15 is 0 Å². The third kappa shape index (κ3) is 8.48. The Morgan fingerprint density at radius 2 is 1.32 bits per heavy atom. The number of hydrogen-bond acceptors (Lipinski definition) is 3. The van der Waals surface area contributed by atoms with Crippen molar-refractivity contribution in [3.8, 4) is 5.75 Å². The lowest BCUT2D eigenvalue weighted by Crippen LogP contribution is -2.11. The molecule has 0 aliphatic rings. The molecule has 1 N–H and O–H groups in total. The Labute approximate surface area is 205 Å². The zero-order valence-corrected chi connectivity index (χ0v) is 21.7. The summed E-state index contributed by atoms with van der Waals surface area (Å²) in [5, 5.41) is 10.4. The fourth-order valence-corrected chi connectivity index (χ4v) is 4.87. The van der Waals surface area contributed by atoms with Crippen LogP contribution in [0.25, 0.3) is 10.9 Å². The first-order valence-corrected chi connectivity index (χ1v) is 13.4. The van der Waals surface area contributed by atoms with Crippen LogP contribution in [-0.4, -0.2) is 28.5 Å². The van der Waals surface area contributed by atoms with Gasteiger partial charge in [0.2, 0.25) is 0 Å². The molecule has 0 saturated heterocycles. The zero-order chi connectivity index (χ0) is 24.8. The van der Waals surface area contributed by atoms with E-state index in [1.54, 1.807) is 30.9 Å². The lowest BCUT2D eigenvalue weighted by Gasteiger charge is -2.05. The van der Waals surface area contributed by atoms with Crippen molar-refractivity contribution >= 4 is 22.7 Å². The summed E-state index contributed by atoms with van der Waals surface area (Å²) < 4.78 is 6.88. The number of carbonyl (C=O) groups is 2. The van der Waals surface area contributed by atoms with E-state index in [0.29, 0.717) is 23.1 Å². The molecular formula is C29H45NO4. The van der Waals surface area contributed by atoms with Crippen LogP contribution in [0.4, 0.5) is 0 Å². The highest BCUT2D eigenvalue weighted by Crippen LogP contribution is 2.30. The van der Waals surface area contributed by atoms with Crippen molar-refractivity contribution in [1.82, 2.24) is 4.57 Å². The van der Waals surface area contributed by atoms with Crippen LogP contribution < -0.4 is 4.74 Å². The molecule has 190 valence electrons. The van der Waals surface area contributed by atoms with Gasteiger partial charge in [-0.05, 0) is 24.6 Å². The number of rotatable bonds is 19. The number of hydrogen-bond donors (Lipinski definition) is 1. The van der Waals surface area contributed by atoms with Crippen LogP contribution >= 0.6 is 0 Å². The van der Waals surface area contributed by atoms with Gasteiger partial charge in [0.15, 0.2) is 5.78 Å². The second-order valence-corrected chi connectivity index (χ2v) is 9.59. The van der Waals surface area contributed by atoms with Crippen molar-refractivity contribution in [3.05, 3.63) is 29.5 Å². The lowest BCUT2D eigenvalue weighted by molar-refractivity contribution is 0.0682. The van der Waals surface area contributed by atoms with E-state index < -0.39 is 5.97 Å². The van der Waals surface area contributed by atoms with Gasteiger partial charge in [-0.3, -0.25) is 4.79 Å². The van der Waals surface area contributed by atoms with Gasteiger partial charge in [0.25, 0.3) is 0 Å². The van der Waals surface area contributed by atoms with Crippen LogP contribution in [0.1, 0.15) is 131 Å². The van der Waals surface area contributed by atoms with Gasteiger partial charge in [0, 0.05) is 24.4 Å². The van der Waals surface area contributed by atoms with Crippen LogP contribution in [0.2, 0.25) is 0 Å². The number of aryl methyl sites for hydroxylation is 1. The molecule has 1 aromatic heterocycles. The summed E-state index contributed by atoms with van der Waals surface area (Å²) >= 11 is 0. The van der Waals surface area contributed by atoms with E-state index in [1.165, 1.54) is 77.0 Å². The van der Waals surface area contributed by atoms with E-state index in [4.69, 9.17) is 4.74 Å². The average molecular weight is 472 g/mol. The van der Waals surface area contributed by atoms with E-state index in [0.717, 1.165) is 24.8 Å². The molecule has 1 aromatic carbocycles. The minimum Gasteiger partial charge on any atom is -0.497 e. The average Bonchev–Trinajstić information content (AvgIpc) is 3.13. The van der Waals surface area contributed by atoms with Crippen molar-refractivity contribution in [2.75, 3.05) is 7.11 Å². The SMILES string of the molecule is CCCCCCCCCCCCCCCCCC(=O)c1c(C(=O)O)n(C)c2ccc(OC)cc12. The topological polar surface area (TPSA) is 68.5 Å².